The highest BCUT2D eigenvalue weighted by atomic mass is 16.5. The second-order valence-corrected chi connectivity index (χ2v) is 3.70. The van der Waals surface area contributed by atoms with Gasteiger partial charge in [-0.05, 0) is 38.2 Å². The number of ether oxygens (including phenoxy) is 1. The van der Waals surface area contributed by atoms with Crippen LogP contribution in [0.1, 0.15) is 39.0 Å². The van der Waals surface area contributed by atoms with E-state index in [4.69, 9.17) is 0 Å². The van der Waals surface area contributed by atoms with Crippen molar-refractivity contribution in [3.05, 3.63) is 23.3 Å². The minimum absolute atomic E-state index is 0.171. The molecule has 0 saturated carbocycles. The van der Waals surface area contributed by atoms with E-state index in [1.165, 1.54) is 37.5 Å². The first-order valence-corrected chi connectivity index (χ1v) is 5.16. The van der Waals surface area contributed by atoms with E-state index >= 15 is 0 Å². The standard InChI is InChI=1S/C12H18O2/c1-10-6-3-4-7-11(10)8-5-9-12(13)14-2/h5,8H,3-4,6-7,9H2,1-2H3/b8-5+. The van der Waals surface area contributed by atoms with E-state index in [1.807, 2.05) is 6.08 Å². The highest BCUT2D eigenvalue weighted by molar-refractivity contribution is 5.71. The van der Waals surface area contributed by atoms with Crippen LogP contribution in [0.5, 0.6) is 0 Å². The predicted molar refractivity (Wildman–Crippen MR) is 56.9 cm³/mol. The Labute approximate surface area is 85.6 Å². The van der Waals surface area contributed by atoms with Crippen LogP contribution < -0.4 is 0 Å². The fourth-order valence-electron chi connectivity index (χ4n) is 1.69. The lowest BCUT2D eigenvalue weighted by atomic mass is 9.92. The molecule has 0 atom stereocenters. The molecule has 2 nitrogen and oxygen atoms in total. The van der Waals surface area contributed by atoms with Gasteiger partial charge in [0.15, 0.2) is 0 Å². The minimum Gasteiger partial charge on any atom is -0.469 e. The maximum atomic E-state index is 10.8. The number of hydrogen-bond acceptors (Lipinski definition) is 2. The quantitative estimate of drug-likeness (QED) is 0.645. The third-order valence-corrected chi connectivity index (χ3v) is 2.63. The Morgan fingerprint density at radius 3 is 2.79 bits per heavy atom. The molecule has 0 saturated heterocycles. The maximum Gasteiger partial charge on any atom is 0.309 e. The van der Waals surface area contributed by atoms with E-state index in [0.717, 1.165) is 6.42 Å². The van der Waals surface area contributed by atoms with Gasteiger partial charge in [0, 0.05) is 0 Å². The molecule has 0 spiro atoms. The number of allylic oxidation sites excluding steroid dienone is 3. The summed E-state index contributed by atoms with van der Waals surface area (Å²) < 4.78 is 4.56. The van der Waals surface area contributed by atoms with Crippen molar-refractivity contribution in [1.29, 1.82) is 0 Å². The summed E-state index contributed by atoms with van der Waals surface area (Å²) in [6.07, 6.45) is 9.30. The van der Waals surface area contributed by atoms with E-state index in [2.05, 4.69) is 17.7 Å². The van der Waals surface area contributed by atoms with Crippen molar-refractivity contribution >= 4 is 5.97 Å². The molecular formula is C12H18O2. The van der Waals surface area contributed by atoms with Crippen LogP contribution in [0.4, 0.5) is 0 Å². The number of carbonyl (C=O) groups excluding carboxylic acids is 1. The van der Waals surface area contributed by atoms with Gasteiger partial charge < -0.3 is 4.74 Å². The Bertz CT molecular complexity index is 261. The van der Waals surface area contributed by atoms with Gasteiger partial charge in [-0.15, -0.1) is 0 Å². The van der Waals surface area contributed by atoms with E-state index in [1.54, 1.807) is 0 Å². The first-order chi connectivity index (χ1) is 6.74. The second-order valence-electron chi connectivity index (χ2n) is 3.70. The lowest BCUT2D eigenvalue weighted by Crippen LogP contribution is -1.98. The summed E-state index contributed by atoms with van der Waals surface area (Å²) in [5.74, 6) is -0.171. The third kappa shape index (κ3) is 3.36. The lowest BCUT2D eigenvalue weighted by molar-refractivity contribution is -0.139. The molecule has 0 aromatic rings. The number of rotatable bonds is 3. The zero-order valence-corrected chi connectivity index (χ0v) is 9.01. The molecule has 0 radical (unpaired) electrons. The van der Waals surface area contributed by atoms with Crippen LogP contribution in [-0.2, 0) is 9.53 Å². The highest BCUT2D eigenvalue weighted by Crippen LogP contribution is 2.24. The van der Waals surface area contributed by atoms with Crippen molar-refractivity contribution in [2.24, 2.45) is 0 Å². The Morgan fingerprint density at radius 1 is 1.43 bits per heavy atom. The van der Waals surface area contributed by atoms with E-state index in [9.17, 15) is 4.79 Å². The lowest BCUT2D eigenvalue weighted by Gasteiger charge is -2.14. The summed E-state index contributed by atoms with van der Waals surface area (Å²) in [7, 11) is 1.42. The van der Waals surface area contributed by atoms with Gasteiger partial charge in [0.25, 0.3) is 0 Å². The second kappa shape index (κ2) is 5.63. The van der Waals surface area contributed by atoms with Gasteiger partial charge >= 0.3 is 5.97 Å². The van der Waals surface area contributed by atoms with Crippen LogP contribution in [0.25, 0.3) is 0 Å². The molecule has 2 heteroatoms. The van der Waals surface area contributed by atoms with Crippen LogP contribution in [0.3, 0.4) is 0 Å². The predicted octanol–water partition coefficient (Wildman–Crippen LogP) is 3.00. The largest absolute Gasteiger partial charge is 0.469 e. The Morgan fingerprint density at radius 2 is 2.14 bits per heavy atom. The van der Waals surface area contributed by atoms with Crippen LogP contribution in [-0.4, -0.2) is 13.1 Å². The maximum absolute atomic E-state index is 10.8. The van der Waals surface area contributed by atoms with Crippen LogP contribution in [0.15, 0.2) is 23.3 Å². The van der Waals surface area contributed by atoms with Crippen LogP contribution in [0, 0.1) is 0 Å². The molecule has 0 N–H and O–H groups in total. The van der Waals surface area contributed by atoms with Crippen LogP contribution in [0.2, 0.25) is 0 Å². The summed E-state index contributed by atoms with van der Waals surface area (Å²) in [5, 5.41) is 0. The van der Waals surface area contributed by atoms with Crippen molar-refractivity contribution in [1.82, 2.24) is 0 Å². The topological polar surface area (TPSA) is 26.3 Å². The number of carbonyl (C=O) groups is 1. The van der Waals surface area contributed by atoms with Gasteiger partial charge in [0.05, 0.1) is 13.5 Å². The molecule has 0 fully saturated rings. The fraction of sp³-hybridized carbons (Fsp3) is 0.583. The molecule has 1 aliphatic rings. The molecule has 1 rings (SSSR count). The van der Waals surface area contributed by atoms with E-state index < -0.39 is 0 Å². The molecule has 0 unspecified atom stereocenters. The molecule has 0 aromatic heterocycles. The number of hydrogen-bond donors (Lipinski definition) is 0. The molecule has 0 bridgehead atoms. The van der Waals surface area contributed by atoms with E-state index in [-0.39, 0.29) is 5.97 Å². The number of methoxy groups -OCH3 is 1. The van der Waals surface area contributed by atoms with Crippen LogP contribution >= 0.6 is 0 Å². The van der Waals surface area contributed by atoms with Gasteiger partial charge in [0.1, 0.15) is 0 Å². The molecule has 0 aliphatic heterocycles. The van der Waals surface area contributed by atoms with Crippen molar-refractivity contribution in [3.63, 3.8) is 0 Å². The molecular weight excluding hydrogens is 176 g/mol. The summed E-state index contributed by atoms with van der Waals surface area (Å²) >= 11 is 0. The van der Waals surface area contributed by atoms with Crippen molar-refractivity contribution in [2.75, 3.05) is 7.11 Å². The first kappa shape index (κ1) is 11.0. The van der Waals surface area contributed by atoms with Gasteiger partial charge in [-0.1, -0.05) is 17.7 Å². The average Bonchev–Trinajstić information content (AvgIpc) is 2.20. The molecule has 0 aromatic carbocycles. The van der Waals surface area contributed by atoms with Crippen molar-refractivity contribution in [2.45, 2.75) is 39.0 Å². The summed E-state index contributed by atoms with van der Waals surface area (Å²) in [5.41, 5.74) is 2.87. The van der Waals surface area contributed by atoms with Crippen molar-refractivity contribution in [3.8, 4) is 0 Å². The fourth-order valence-corrected chi connectivity index (χ4v) is 1.69. The monoisotopic (exact) mass is 194 g/mol. The molecule has 14 heavy (non-hydrogen) atoms. The zero-order chi connectivity index (χ0) is 10.4. The Kier molecular flexibility index (Phi) is 4.44. The molecule has 1 aliphatic carbocycles. The van der Waals surface area contributed by atoms with Gasteiger partial charge in [-0.25, -0.2) is 0 Å². The van der Waals surface area contributed by atoms with Gasteiger partial charge in [-0.2, -0.15) is 0 Å². The molecule has 0 amide bonds. The van der Waals surface area contributed by atoms with Gasteiger partial charge in [-0.3, -0.25) is 4.79 Å². The summed E-state index contributed by atoms with van der Waals surface area (Å²) in [4.78, 5) is 10.8. The Hall–Kier alpha value is -1.05. The zero-order valence-electron chi connectivity index (χ0n) is 9.01. The highest BCUT2D eigenvalue weighted by Gasteiger charge is 2.06. The SMILES string of the molecule is COC(=O)C/C=C/C1=C(C)CCCC1. The number of esters is 1. The van der Waals surface area contributed by atoms with Crippen molar-refractivity contribution < 1.29 is 9.53 Å². The Balaban J connectivity index is 2.46. The molecule has 0 heterocycles. The van der Waals surface area contributed by atoms with Gasteiger partial charge in [0.2, 0.25) is 0 Å². The summed E-state index contributed by atoms with van der Waals surface area (Å²) in [6, 6.07) is 0. The summed E-state index contributed by atoms with van der Waals surface area (Å²) in [6.45, 7) is 2.18. The molecule has 78 valence electrons. The normalized spacial score (nSPS) is 17.6. The first-order valence-electron chi connectivity index (χ1n) is 5.16. The minimum atomic E-state index is -0.171. The van der Waals surface area contributed by atoms with E-state index in [0.29, 0.717) is 6.42 Å². The smallest absolute Gasteiger partial charge is 0.309 e. The third-order valence-electron chi connectivity index (χ3n) is 2.63. The average molecular weight is 194 g/mol.